The third-order valence-electron chi connectivity index (χ3n) is 6.03. The molecule has 1 aliphatic carbocycles. The summed E-state index contributed by atoms with van der Waals surface area (Å²) in [6, 6.07) is 13.8. The Morgan fingerprint density at radius 2 is 2.11 bits per heavy atom. The monoisotopic (exact) mass is 490 g/mol. The predicted octanol–water partition coefficient (Wildman–Crippen LogP) is 4.58. The van der Waals surface area contributed by atoms with E-state index in [1.54, 1.807) is 40.4 Å². The van der Waals surface area contributed by atoms with E-state index in [-0.39, 0.29) is 11.7 Å². The zero-order valence-electron chi connectivity index (χ0n) is 19.4. The Bertz CT molecular complexity index is 1330. The highest BCUT2D eigenvalue weighted by atomic mass is 32.1. The lowest BCUT2D eigenvalue weighted by Gasteiger charge is -2.18. The number of hydrogen-bond acceptors (Lipinski definition) is 6. The lowest BCUT2D eigenvalue weighted by atomic mass is 10.1. The molecule has 4 aromatic rings. The number of halogens is 1. The molecular formula is C26H27FN6OS. The number of nitrogens with zero attached hydrogens (tertiary/aromatic N) is 3. The number of thiazole rings is 1. The van der Waals surface area contributed by atoms with Gasteiger partial charge < -0.3 is 16.4 Å². The van der Waals surface area contributed by atoms with E-state index in [2.05, 4.69) is 20.7 Å². The molecule has 1 saturated carbocycles. The molecule has 2 heterocycles. The fraction of sp³-hybridized carbons (Fsp3) is 0.269. The molecular weight excluding hydrogens is 463 g/mol. The Morgan fingerprint density at radius 1 is 1.26 bits per heavy atom. The summed E-state index contributed by atoms with van der Waals surface area (Å²) in [5.41, 5.74) is 9.36. The average Bonchev–Trinajstić information content (AvgIpc) is 3.36. The summed E-state index contributed by atoms with van der Waals surface area (Å²) in [5, 5.41) is 13.6. The van der Waals surface area contributed by atoms with Gasteiger partial charge in [0.05, 0.1) is 23.1 Å². The first-order valence-electron chi connectivity index (χ1n) is 11.6. The Morgan fingerprint density at radius 3 is 2.86 bits per heavy atom. The molecule has 4 N–H and O–H groups in total. The van der Waals surface area contributed by atoms with Crippen LogP contribution in [-0.2, 0) is 6.54 Å². The standard InChI is InChI=1S/C26H27FN6OS/c1-16-11-23(33(32-16)20-4-2-3-18(12-20)14-28)25(34)31-22-13-19(7-8-21(22)27)24(26-29-9-10-35-26)30-15-17-5-6-17/h2-4,7-13,17,24,30H,5-6,14-15,28H2,1H3,(H,31,34). The minimum absolute atomic E-state index is 0.114. The van der Waals surface area contributed by atoms with E-state index in [4.69, 9.17) is 5.73 Å². The van der Waals surface area contributed by atoms with Crippen molar-refractivity contribution in [2.75, 3.05) is 11.9 Å². The first-order chi connectivity index (χ1) is 17.0. The number of aromatic nitrogens is 3. The maximum Gasteiger partial charge on any atom is 0.274 e. The van der Waals surface area contributed by atoms with Gasteiger partial charge >= 0.3 is 0 Å². The van der Waals surface area contributed by atoms with E-state index in [1.807, 2.05) is 36.6 Å². The van der Waals surface area contributed by atoms with E-state index in [9.17, 15) is 9.18 Å². The van der Waals surface area contributed by atoms with E-state index in [0.29, 0.717) is 29.5 Å². The quantitative estimate of drug-likeness (QED) is 0.319. The molecule has 1 atom stereocenters. The second kappa shape index (κ2) is 10.1. The van der Waals surface area contributed by atoms with Crippen molar-refractivity contribution in [1.29, 1.82) is 0 Å². The average molecular weight is 491 g/mol. The van der Waals surface area contributed by atoms with Crippen molar-refractivity contribution in [1.82, 2.24) is 20.1 Å². The highest BCUT2D eigenvalue weighted by Gasteiger charge is 2.25. The van der Waals surface area contributed by atoms with Crippen LogP contribution in [0.25, 0.3) is 5.69 Å². The summed E-state index contributed by atoms with van der Waals surface area (Å²) in [7, 11) is 0. The van der Waals surface area contributed by atoms with E-state index in [0.717, 1.165) is 22.7 Å². The van der Waals surface area contributed by atoms with Crippen LogP contribution in [0.2, 0.25) is 0 Å². The molecule has 35 heavy (non-hydrogen) atoms. The first-order valence-corrected chi connectivity index (χ1v) is 12.5. The fourth-order valence-electron chi connectivity index (χ4n) is 4.01. The highest BCUT2D eigenvalue weighted by Crippen LogP contribution is 2.32. The summed E-state index contributed by atoms with van der Waals surface area (Å²) >= 11 is 1.55. The smallest absolute Gasteiger partial charge is 0.274 e. The normalized spacial score (nSPS) is 14.1. The van der Waals surface area contributed by atoms with Gasteiger partial charge in [0.15, 0.2) is 0 Å². The Hall–Kier alpha value is -3.40. The van der Waals surface area contributed by atoms with Crippen LogP contribution in [0.5, 0.6) is 0 Å². The van der Waals surface area contributed by atoms with Crippen LogP contribution in [-0.4, -0.2) is 27.2 Å². The number of rotatable bonds is 9. The number of carbonyl (C=O) groups excluding carboxylic acids is 1. The molecule has 1 amide bonds. The topological polar surface area (TPSA) is 97.9 Å². The Labute approximate surface area is 207 Å². The first kappa shape index (κ1) is 23.3. The molecule has 0 bridgehead atoms. The molecule has 180 valence electrons. The van der Waals surface area contributed by atoms with Crippen LogP contribution in [0, 0.1) is 18.7 Å². The highest BCUT2D eigenvalue weighted by molar-refractivity contribution is 7.09. The molecule has 0 aliphatic heterocycles. The fourth-order valence-corrected chi connectivity index (χ4v) is 4.75. The van der Waals surface area contributed by atoms with Crippen molar-refractivity contribution < 1.29 is 9.18 Å². The summed E-state index contributed by atoms with van der Waals surface area (Å²) in [6.07, 6.45) is 4.22. The number of nitrogens with two attached hydrogens (primary N) is 1. The Balaban J connectivity index is 1.43. The van der Waals surface area contributed by atoms with Crippen molar-refractivity contribution >= 4 is 22.9 Å². The zero-order chi connectivity index (χ0) is 24.4. The van der Waals surface area contributed by atoms with Crippen molar-refractivity contribution in [2.45, 2.75) is 32.4 Å². The molecule has 7 nitrogen and oxygen atoms in total. The molecule has 0 spiro atoms. The van der Waals surface area contributed by atoms with Gasteiger partial charge in [-0.15, -0.1) is 11.3 Å². The van der Waals surface area contributed by atoms with Gasteiger partial charge in [0.1, 0.15) is 16.5 Å². The SMILES string of the molecule is Cc1cc(C(=O)Nc2cc(C(NCC3CC3)c3nccs3)ccc2F)n(-c2cccc(CN)c2)n1. The van der Waals surface area contributed by atoms with Crippen LogP contribution in [0.15, 0.2) is 60.1 Å². The van der Waals surface area contributed by atoms with E-state index < -0.39 is 11.7 Å². The number of carbonyl (C=O) groups is 1. The van der Waals surface area contributed by atoms with Gasteiger partial charge in [-0.3, -0.25) is 4.79 Å². The van der Waals surface area contributed by atoms with Crippen LogP contribution in [0.4, 0.5) is 10.1 Å². The Kier molecular flexibility index (Phi) is 6.72. The van der Waals surface area contributed by atoms with Crippen molar-refractivity contribution in [3.8, 4) is 5.69 Å². The predicted molar refractivity (Wildman–Crippen MR) is 135 cm³/mol. The van der Waals surface area contributed by atoms with Crippen LogP contribution in [0.3, 0.4) is 0 Å². The largest absolute Gasteiger partial charge is 0.326 e. The molecule has 2 aromatic carbocycles. The summed E-state index contributed by atoms with van der Waals surface area (Å²) in [5.74, 6) is -0.273. The van der Waals surface area contributed by atoms with Gasteiger partial charge in [-0.2, -0.15) is 5.10 Å². The number of nitrogens with one attached hydrogen (secondary N) is 2. The van der Waals surface area contributed by atoms with Crippen molar-refractivity contribution in [3.63, 3.8) is 0 Å². The van der Waals surface area contributed by atoms with E-state index >= 15 is 0 Å². The maximum atomic E-state index is 14.8. The van der Waals surface area contributed by atoms with Crippen molar-refractivity contribution in [2.24, 2.45) is 11.7 Å². The van der Waals surface area contributed by atoms with Gasteiger partial charge in [0.25, 0.3) is 5.91 Å². The summed E-state index contributed by atoms with van der Waals surface area (Å²) in [4.78, 5) is 17.7. The van der Waals surface area contributed by atoms with Gasteiger partial charge in [0, 0.05) is 18.1 Å². The molecule has 2 aromatic heterocycles. The third kappa shape index (κ3) is 5.32. The van der Waals surface area contributed by atoms with Gasteiger partial charge in [-0.25, -0.2) is 14.1 Å². The summed E-state index contributed by atoms with van der Waals surface area (Å²) in [6.45, 7) is 3.07. The van der Waals surface area contributed by atoms with Gasteiger partial charge in [-0.1, -0.05) is 18.2 Å². The number of hydrogen-bond donors (Lipinski definition) is 3. The molecule has 0 saturated heterocycles. The van der Waals surface area contributed by atoms with Crippen LogP contribution >= 0.6 is 11.3 Å². The lowest BCUT2D eigenvalue weighted by Crippen LogP contribution is -2.25. The third-order valence-corrected chi connectivity index (χ3v) is 6.87. The maximum absolute atomic E-state index is 14.8. The molecule has 1 unspecified atom stereocenters. The minimum atomic E-state index is -0.505. The van der Waals surface area contributed by atoms with E-state index in [1.165, 1.54) is 18.9 Å². The molecule has 1 aliphatic rings. The van der Waals surface area contributed by atoms with Crippen LogP contribution < -0.4 is 16.4 Å². The van der Waals surface area contributed by atoms with Gasteiger partial charge in [-0.05, 0) is 73.7 Å². The van der Waals surface area contributed by atoms with Gasteiger partial charge in [0.2, 0.25) is 0 Å². The molecule has 1 fully saturated rings. The van der Waals surface area contributed by atoms with Crippen molar-refractivity contribution in [3.05, 3.63) is 93.4 Å². The zero-order valence-corrected chi connectivity index (χ0v) is 20.2. The number of benzene rings is 2. The summed E-state index contributed by atoms with van der Waals surface area (Å²) < 4.78 is 16.4. The molecule has 5 rings (SSSR count). The number of anilines is 1. The molecule has 9 heteroatoms. The minimum Gasteiger partial charge on any atom is -0.326 e. The second-order valence-electron chi connectivity index (χ2n) is 8.81. The number of aryl methyl sites for hydroxylation is 1. The second-order valence-corrected chi connectivity index (χ2v) is 9.73. The molecule has 0 radical (unpaired) electrons. The lowest BCUT2D eigenvalue weighted by molar-refractivity contribution is 0.101. The van der Waals surface area contributed by atoms with Crippen LogP contribution in [0.1, 0.15) is 51.2 Å². The number of amides is 1.